The zero-order valence-electron chi connectivity index (χ0n) is 16.3. The van der Waals surface area contributed by atoms with Crippen LogP contribution >= 0.6 is 11.3 Å². The highest BCUT2D eigenvalue weighted by Gasteiger charge is 2.18. The normalized spacial score (nSPS) is 11.6. The van der Waals surface area contributed by atoms with Gasteiger partial charge in [-0.25, -0.2) is 4.98 Å². The predicted octanol–water partition coefficient (Wildman–Crippen LogP) is 4.52. The largest absolute Gasteiger partial charge is 0.308 e. The summed E-state index contributed by atoms with van der Waals surface area (Å²) < 4.78 is 1.12. The highest BCUT2D eigenvalue weighted by atomic mass is 32.1. The molecule has 1 amide bonds. The number of hydrogen-bond donors (Lipinski definition) is 0. The van der Waals surface area contributed by atoms with Crippen molar-refractivity contribution in [2.45, 2.75) is 13.8 Å². The summed E-state index contributed by atoms with van der Waals surface area (Å²) in [7, 11) is 4.02. The minimum atomic E-state index is -0.0471. The molecule has 0 radical (unpaired) electrons. The number of aromatic nitrogens is 1. The number of amides is 1. The molecule has 0 spiro atoms. The number of likely N-dealkylation sites (N-methyl/N-ethyl adjacent to an activating group) is 1. The lowest BCUT2D eigenvalue weighted by Crippen LogP contribution is -2.35. The van der Waals surface area contributed by atoms with Crippen LogP contribution in [0.5, 0.6) is 0 Å². The van der Waals surface area contributed by atoms with E-state index in [1.807, 2.05) is 50.5 Å². The molecule has 3 rings (SSSR count). The Morgan fingerprint density at radius 1 is 1.11 bits per heavy atom. The van der Waals surface area contributed by atoms with E-state index in [4.69, 9.17) is 4.98 Å². The van der Waals surface area contributed by atoms with Gasteiger partial charge in [0.1, 0.15) is 0 Å². The number of aryl methyl sites for hydroxylation is 2. The lowest BCUT2D eigenvalue weighted by Gasteiger charge is -2.20. The first-order chi connectivity index (χ1) is 12.9. The smallest absolute Gasteiger partial charge is 0.252 e. The quantitative estimate of drug-likeness (QED) is 0.591. The first-order valence-corrected chi connectivity index (χ1v) is 9.83. The monoisotopic (exact) mass is 379 g/mol. The van der Waals surface area contributed by atoms with Gasteiger partial charge in [0.05, 0.1) is 10.2 Å². The Balaban J connectivity index is 1.92. The van der Waals surface area contributed by atoms with Crippen LogP contribution in [0.25, 0.3) is 16.3 Å². The number of benzene rings is 2. The zero-order chi connectivity index (χ0) is 19.4. The molecule has 0 unspecified atom stereocenters. The number of nitrogens with zero attached hydrogens (tertiary/aromatic N) is 3. The summed E-state index contributed by atoms with van der Waals surface area (Å²) in [5, 5.41) is 0.753. The average Bonchev–Trinajstić information content (AvgIpc) is 3.04. The van der Waals surface area contributed by atoms with Crippen LogP contribution in [0.2, 0.25) is 0 Å². The molecule has 2 aromatic carbocycles. The van der Waals surface area contributed by atoms with Crippen molar-refractivity contribution in [3.63, 3.8) is 0 Å². The Morgan fingerprint density at radius 2 is 1.85 bits per heavy atom. The third-order valence-electron chi connectivity index (χ3n) is 4.30. The van der Waals surface area contributed by atoms with Gasteiger partial charge >= 0.3 is 0 Å². The number of fused-ring (bicyclic) bond motifs is 1. The van der Waals surface area contributed by atoms with E-state index in [-0.39, 0.29) is 5.91 Å². The van der Waals surface area contributed by atoms with Crippen molar-refractivity contribution in [1.82, 2.24) is 9.88 Å². The van der Waals surface area contributed by atoms with Gasteiger partial charge in [-0.15, -0.1) is 0 Å². The molecule has 27 heavy (non-hydrogen) atoms. The summed E-state index contributed by atoms with van der Waals surface area (Å²) in [4.78, 5) is 21.6. The Bertz CT molecular complexity index is 960. The van der Waals surface area contributed by atoms with Gasteiger partial charge in [0, 0.05) is 19.2 Å². The molecule has 0 fully saturated rings. The highest BCUT2D eigenvalue weighted by Crippen LogP contribution is 2.31. The molecular weight excluding hydrogens is 354 g/mol. The van der Waals surface area contributed by atoms with E-state index in [1.165, 1.54) is 5.56 Å². The van der Waals surface area contributed by atoms with Crippen LogP contribution < -0.4 is 4.90 Å². The summed E-state index contributed by atoms with van der Waals surface area (Å²) in [5.74, 6) is -0.0471. The first kappa shape index (κ1) is 19.3. The van der Waals surface area contributed by atoms with Gasteiger partial charge in [0.2, 0.25) is 0 Å². The topological polar surface area (TPSA) is 36.4 Å². The van der Waals surface area contributed by atoms with Gasteiger partial charge in [-0.05, 0) is 56.8 Å². The highest BCUT2D eigenvalue weighted by molar-refractivity contribution is 7.22. The van der Waals surface area contributed by atoms with Crippen LogP contribution in [-0.4, -0.2) is 43.0 Å². The SMILES string of the molecule is Cc1cc(C)c2nc(N(CCN(C)C)C(=O)/C=C/c3ccccc3)sc2c1. The lowest BCUT2D eigenvalue weighted by molar-refractivity contribution is -0.114. The van der Waals surface area contributed by atoms with E-state index in [2.05, 4.69) is 30.9 Å². The number of carbonyl (C=O) groups excluding carboxylic acids is 1. The molecule has 0 saturated carbocycles. The molecule has 0 aliphatic rings. The minimum absolute atomic E-state index is 0.0471. The van der Waals surface area contributed by atoms with Gasteiger partial charge in [-0.1, -0.05) is 47.7 Å². The zero-order valence-corrected chi connectivity index (χ0v) is 17.1. The van der Waals surface area contributed by atoms with E-state index in [0.717, 1.165) is 33.0 Å². The summed E-state index contributed by atoms with van der Waals surface area (Å²) in [6, 6.07) is 14.1. The molecule has 0 saturated heterocycles. The van der Waals surface area contributed by atoms with Crippen molar-refractivity contribution in [2.24, 2.45) is 0 Å². The van der Waals surface area contributed by atoms with Crippen LogP contribution in [0.4, 0.5) is 5.13 Å². The standard InChI is InChI=1S/C22H25N3OS/c1-16-14-17(2)21-19(15-16)27-22(23-21)25(13-12-24(3)4)20(26)11-10-18-8-6-5-7-9-18/h5-11,14-15H,12-13H2,1-4H3/b11-10+. The molecule has 3 aromatic rings. The molecule has 5 heteroatoms. The fourth-order valence-corrected chi connectivity index (χ4v) is 4.07. The maximum absolute atomic E-state index is 12.9. The first-order valence-electron chi connectivity index (χ1n) is 9.01. The number of anilines is 1. The van der Waals surface area contributed by atoms with Crippen molar-refractivity contribution < 1.29 is 4.79 Å². The van der Waals surface area contributed by atoms with Gasteiger partial charge in [-0.2, -0.15) is 0 Å². The van der Waals surface area contributed by atoms with Crippen LogP contribution in [0.3, 0.4) is 0 Å². The van der Waals surface area contributed by atoms with Gasteiger partial charge in [0.25, 0.3) is 5.91 Å². The molecule has 0 bridgehead atoms. The van der Waals surface area contributed by atoms with E-state index in [1.54, 1.807) is 22.3 Å². The van der Waals surface area contributed by atoms with E-state index >= 15 is 0 Å². The second-order valence-corrected chi connectivity index (χ2v) is 7.97. The second kappa shape index (κ2) is 8.46. The van der Waals surface area contributed by atoms with Gasteiger partial charge < -0.3 is 4.90 Å². The molecule has 4 nitrogen and oxygen atoms in total. The fraction of sp³-hybridized carbons (Fsp3) is 0.273. The molecule has 140 valence electrons. The maximum Gasteiger partial charge on any atom is 0.252 e. The Hall–Kier alpha value is -2.50. The Labute approximate surface area is 164 Å². The van der Waals surface area contributed by atoms with Crippen LogP contribution in [0.1, 0.15) is 16.7 Å². The van der Waals surface area contributed by atoms with Crippen molar-refractivity contribution in [3.05, 3.63) is 65.2 Å². The minimum Gasteiger partial charge on any atom is -0.308 e. The summed E-state index contributed by atoms with van der Waals surface area (Å²) in [5.41, 5.74) is 4.35. The summed E-state index contributed by atoms with van der Waals surface area (Å²) >= 11 is 1.58. The second-order valence-electron chi connectivity index (χ2n) is 6.96. The number of hydrogen-bond acceptors (Lipinski definition) is 4. The van der Waals surface area contributed by atoms with E-state index in [9.17, 15) is 4.79 Å². The average molecular weight is 380 g/mol. The molecule has 0 aliphatic carbocycles. The van der Waals surface area contributed by atoms with Gasteiger partial charge in [0.15, 0.2) is 5.13 Å². The molecule has 1 heterocycles. The van der Waals surface area contributed by atoms with Crippen molar-refractivity contribution in [1.29, 1.82) is 0 Å². The number of thiazole rings is 1. The number of rotatable bonds is 6. The predicted molar refractivity (Wildman–Crippen MR) is 115 cm³/mol. The van der Waals surface area contributed by atoms with E-state index in [0.29, 0.717) is 6.54 Å². The molecule has 0 aliphatic heterocycles. The third kappa shape index (κ3) is 4.81. The summed E-state index contributed by atoms with van der Waals surface area (Å²) in [6.07, 6.45) is 3.49. The van der Waals surface area contributed by atoms with Crippen LogP contribution in [-0.2, 0) is 4.79 Å². The maximum atomic E-state index is 12.9. The van der Waals surface area contributed by atoms with Crippen molar-refractivity contribution in [2.75, 3.05) is 32.1 Å². The molecule has 1 aromatic heterocycles. The number of carbonyl (C=O) groups is 1. The van der Waals surface area contributed by atoms with E-state index < -0.39 is 0 Å². The van der Waals surface area contributed by atoms with Crippen molar-refractivity contribution in [3.8, 4) is 0 Å². The van der Waals surface area contributed by atoms with Crippen LogP contribution in [0, 0.1) is 13.8 Å². The molecule has 0 atom stereocenters. The van der Waals surface area contributed by atoms with Crippen LogP contribution in [0.15, 0.2) is 48.5 Å². The Morgan fingerprint density at radius 3 is 2.56 bits per heavy atom. The molecular formula is C22H25N3OS. The fourth-order valence-electron chi connectivity index (χ4n) is 2.90. The van der Waals surface area contributed by atoms with Gasteiger partial charge in [-0.3, -0.25) is 9.69 Å². The molecule has 0 N–H and O–H groups in total. The van der Waals surface area contributed by atoms with Crippen molar-refractivity contribution >= 4 is 38.7 Å². The summed E-state index contributed by atoms with van der Waals surface area (Å²) in [6.45, 7) is 5.53. The third-order valence-corrected chi connectivity index (χ3v) is 5.33. The lowest BCUT2D eigenvalue weighted by atomic mass is 10.1. The Kier molecular flexibility index (Phi) is 6.04.